The second-order valence-electron chi connectivity index (χ2n) is 3.65. The Bertz CT molecular complexity index is 550. The van der Waals surface area contributed by atoms with E-state index in [1.54, 1.807) is 7.05 Å². The van der Waals surface area contributed by atoms with Crippen molar-refractivity contribution in [2.75, 3.05) is 0 Å². The predicted molar refractivity (Wildman–Crippen MR) is 66.6 cm³/mol. The lowest BCUT2D eigenvalue weighted by Crippen LogP contribution is -2.43. The lowest BCUT2D eigenvalue weighted by Gasteiger charge is -2.25. The molecule has 0 spiro atoms. The first-order valence-electron chi connectivity index (χ1n) is 4.62. The van der Waals surface area contributed by atoms with Gasteiger partial charge in [-0.3, -0.25) is 0 Å². The second kappa shape index (κ2) is 5.33. The molecule has 0 fully saturated rings. The molecule has 0 aliphatic rings. The zero-order chi connectivity index (χ0) is 15.1. The monoisotopic (exact) mass is 358 g/mol. The third kappa shape index (κ3) is 4.16. The van der Waals surface area contributed by atoms with E-state index in [-0.39, 0.29) is 5.56 Å². The fraction of sp³-hybridized carbons (Fsp3) is 0.500. The summed E-state index contributed by atoms with van der Waals surface area (Å²) in [6.07, 6.45) is 2.81. The van der Waals surface area contributed by atoms with Crippen molar-refractivity contribution >= 4 is 44.8 Å². The minimum Gasteiger partial charge on any atom is -0.357 e. The minimum absolute atomic E-state index is 0.0929. The van der Waals surface area contributed by atoms with E-state index in [0.29, 0.717) is 0 Å². The number of sulfonamides is 1. The van der Waals surface area contributed by atoms with Crippen LogP contribution in [0.1, 0.15) is 11.6 Å². The van der Waals surface area contributed by atoms with Crippen molar-refractivity contribution in [3.05, 3.63) is 24.0 Å². The molecule has 110 valence electrons. The maximum Gasteiger partial charge on any atom is 0.511 e. The minimum atomic E-state index is -5.63. The van der Waals surface area contributed by atoms with Gasteiger partial charge in [0, 0.05) is 19.4 Å². The molecule has 1 atom stereocenters. The first kappa shape index (κ1) is 16.9. The maximum atomic E-state index is 12.3. The molecule has 1 heterocycles. The highest BCUT2D eigenvalue weighted by Crippen LogP contribution is 2.41. The molecule has 0 bridgehead atoms. The third-order valence-corrected chi connectivity index (χ3v) is 3.90. The number of halogens is 6. The van der Waals surface area contributed by atoms with E-state index in [4.69, 9.17) is 34.8 Å². The van der Waals surface area contributed by atoms with E-state index >= 15 is 0 Å². The topological polar surface area (TPSA) is 51.1 Å². The van der Waals surface area contributed by atoms with Crippen LogP contribution in [0.4, 0.5) is 13.2 Å². The molecular weight excluding hydrogens is 352 g/mol. The normalized spacial score (nSPS) is 15.5. The maximum absolute atomic E-state index is 12.3. The Morgan fingerprint density at radius 3 is 2.16 bits per heavy atom. The van der Waals surface area contributed by atoms with Crippen LogP contribution in [0.2, 0.25) is 0 Å². The van der Waals surface area contributed by atoms with E-state index in [9.17, 15) is 21.6 Å². The number of hydrogen-bond donors (Lipinski definition) is 1. The first-order chi connectivity index (χ1) is 8.34. The molecule has 1 N–H and O–H groups in total. The van der Waals surface area contributed by atoms with Crippen LogP contribution in [0.25, 0.3) is 0 Å². The van der Waals surface area contributed by atoms with E-state index in [1.807, 2.05) is 0 Å². The molecule has 19 heavy (non-hydrogen) atoms. The Kier molecular flexibility index (Phi) is 4.74. The van der Waals surface area contributed by atoms with Crippen LogP contribution < -0.4 is 4.72 Å². The van der Waals surface area contributed by atoms with Gasteiger partial charge in [-0.2, -0.15) is 17.9 Å². The zero-order valence-corrected chi connectivity index (χ0v) is 12.3. The van der Waals surface area contributed by atoms with Crippen molar-refractivity contribution in [3.63, 3.8) is 0 Å². The van der Waals surface area contributed by atoms with Gasteiger partial charge in [-0.15, -0.1) is 0 Å². The fourth-order valence-corrected chi connectivity index (χ4v) is 2.73. The predicted octanol–water partition coefficient (Wildman–Crippen LogP) is 2.88. The Morgan fingerprint density at radius 2 is 1.84 bits per heavy atom. The summed E-state index contributed by atoms with van der Waals surface area (Å²) in [6.45, 7) is 0. The first-order valence-corrected chi connectivity index (χ1v) is 7.23. The van der Waals surface area contributed by atoms with Gasteiger partial charge in [-0.05, 0) is 11.6 Å². The number of aromatic nitrogens is 1. The highest BCUT2D eigenvalue weighted by atomic mass is 35.6. The lowest BCUT2D eigenvalue weighted by atomic mass is 10.2. The second-order valence-corrected chi connectivity index (χ2v) is 7.73. The van der Waals surface area contributed by atoms with Crippen LogP contribution in [0, 0.1) is 0 Å². The Hall–Kier alpha value is -0.150. The standard InChI is InChI=1S/C8H8Cl3F3N2O2S/c1-16-3-2-5(4-16)6(7(9,10)11)15-19(17,18)8(12,13)14/h2-4,6,15H,1H3. The van der Waals surface area contributed by atoms with Crippen LogP contribution in [0.3, 0.4) is 0 Å². The van der Waals surface area contributed by atoms with E-state index in [0.717, 1.165) is 0 Å². The summed E-state index contributed by atoms with van der Waals surface area (Å²) >= 11 is 16.6. The van der Waals surface area contributed by atoms with Crippen molar-refractivity contribution in [1.29, 1.82) is 0 Å². The van der Waals surface area contributed by atoms with Gasteiger partial charge in [0.1, 0.15) is 0 Å². The largest absolute Gasteiger partial charge is 0.511 e. The van der Waals surface area contributed by atoms with Crippen molar-refractivity contribution < 1.29 is 21.6 Å². The number of hydrogen-bond acceptors (Lipinski definition) is 2. The van der Waals surface area contributed by atoms with E-state index in [2.05, 4.69) is 0 Å². The van der Waals surface area contributed by atoms with Crippen LogP contribution in [-0.2, 0) is 17.1 Å². The van der Waals surface area contributed by atoms with Crippen LogP contribution in [0.5, 0.6) is 0 Å². The van der Waals surface area contributed by atoms with Gasteiger partial charge >= 0.3 is 15.5 Å². The molecule has 11 heteroatoms. The SMILES string of the molecule is Cn1ccc(C(NS(=O)(=O)C(F)(F)F)C(Cl)(Cl)Cl)c1. The molecule has 0 saturated carbocycles. The molecule has 0 saturated heterocycles. The van der Waals surface area contributed by atoms with Gasteiger partial charge in [0.05, 0.1) is 6.04 Å². The van der Waals surface area contributed by atoms with E-state index < -0.39 is 25.4 Å². The summed E-state index contributed by atoms with van der Waals surface area (Å²) in [7, 11) is -4.05. The average Bonchev–Trinajstić information content (AvgIpc) is 2.57. The number of nitrogens with zero attached hydrogens (tertiary/aromatic N) is 1. The van der Waals surface area contributed by atoms with E-state index in [1.165, 1.54) is 27.7 Å². The smallest absolute Gasteiger partial charge is 0.357 e. The highest BCUT2D eigenvalue weighted by Gasteiger charge is 2.50. The lowest BCUT2D eigenvalue weighted by molar-refractivity contribution is -0.0451. The Labute approximate surface area is 122 Å². The molecule has 1 aromatic heterocycles. The van der Waals surface area contributed by atoms with Crippen LogP contribution in [0.15, 0.2) is 18.5 Å². The highest BCUT2D eigenvalue weighted by molar-refractivity contribution is 7.90. The van der Waals surface area contributed by atoms with Gasteiger partial charge in [-0.25, -0.2) is 8.42 Å². The Balaban J connectivity index is 3.16. The molecule has 1 unspecified atom stereocenters. The van der Waals surface area contributed by atoms with Gasteiger partial charge in [0.2, 0.25) is 3.79 Å². The summed E-state index contributed by atoms with van der Waals surface area (Å²) in [4.78, 5) is 0. The van der Waals surface area contributed by atoms with Crippen LogP contribution >= 0.6 is 34.8 Å². The van der Waals surface area contributed by atoms with Crippen LogP contribution in [-0.4, -0.2) is 22.3 Å². The molecule has 0 amide bonds. The number of nitrogens with one attached hydrogen (secondary N) is 1. The van der Waals surface area contributed by atoms with Gasteiger partial charge in [0.25, 0.3) is 0 Å². The van der Waals surface area contributed by atoms with Gasteiger partial charge in [-0.1, -0.05) is 34.8 Å². The van der Waals surface area contributed by atoms with Gasteiger partial charge < -0.3 is 4.57 Å². The molecular formula is C8H8Cl3F3N2O2S. The Morgan fingerprint density at radius 1 is 1.32 bits per heavy atom. The summed E-state index contributed by atoms with van der Waals surface area (Å²) in [6, 6.07) is -0.323. The third-order valence-electron chi connectivity index (χ3n) is 2.09. The van der Waals surface area contributed by atoms with Crippen molar-refractivity contribution in [1.82, 2.24) is 9.29 Å². The number of alkyl halides is 6. The summed E-state index contributed by atoms with van der Waals surface area (Å²) in [5, 5.41) is 0. The molecule has 4 nitrogen and oxygen atoms in total. The molecule has 0 aliphatic carbocycles. The van der Waals surface area contributed by atoms with Crippen molar-refractivity contribution in [3.8, 4) is 0 Å². The molecule has 0 radical (unpaired) electrons. The zero-order valence-electron chi connectivity index (χ0n) is 9.25. The summed E-state index contributed by atoms with van der Waals surface area (Å²) in [5.74, 6) is 0. The molecule has 0 aliphatic heterocycles. The summed E-state index contributed by atoms with van der Waals surface area (Å²) in [5.41, 5.74) is -5.40. The fourth-order valence-electron chi connectivity index (χ4n) is 1.24. The molecule has 1 rings (SSSR count). The average molecular weight is 360 g/mol. The molecule has 1 aromatic rings. The van der Waals surface area contributed by atoms with Crippen molar-refractivity contribution in [2.45, 2.75) is 15.3 Å². The van der Waals surface area contributed by atoms with Gasteiger partial charge in [0.15, 0.2) is 0 Å². The number of aryl methyl sites for hydroxylation is 1. The quantitative estimate of drug-likeness (QED) is 0.844. The summed E-state index contributed by atoms with van der Waals surface area (Å²) < 4.78 is 59.6. The van der Waals surface area contributed by atoms with Crippen molar-refractivity contribution in [2.24, 2.45) is 7.05 Å². The molecule has 0 aromatic carbocycles. The number of rotatable bonds is 3.